The van der Waals surface area contributed by atoms with Crippen molar-refractivity contribution >= 4 is 17.5 Å². The second-order valence-electron chi connectivity index (χ2n) is 7.31. The molecule has 146 valence electrons. The maximum atomic E-state index is 12.3. The van der Waals surface area contributed by atoms with Crippen molar-refractivity contribution in [2.45, 2.75) is 63.9 Å². The van der Waals surface area contributed by atoms with Crippen molar-refractivity contribution in [3.05, 3.63) is 34.2 Å². The summed E-state index contributed by atoms with van der Waals surface area (Å²) in [6, 6.07) is 5.50. The summed E-state index contributed by atoms with van der Waals surface area (Å²) in [5.74, 6) is 1.19. The molecule has 3 rings (SSSR count). The number of methoxy groups -OCH3 is 1. The number of carbonyl (C=O) groups excluding carboxylic acids is 1. The van der Waals surface area contributed by atoms with E-state index in [0.717, 1.165) is 50.5 Å². The van der Waals surface area contributed by atoms with Crippen LogP contribution in [-0.4, -0.2) is 29.7 Å². The molecule has 1 heterocycles. The first-order chi connectivity index (χ1) is 13.2. The minimum Gasteiger partial charge on any atom is -0.497 e. The first kappa shape index (κ1) is 19.4. The Bertz CT molecular complexity index is 817. The predicted molar refractivity (Wildman–Crippen MR) is 104 cm³/mol. The van der Waals surface area contributed by atoms with Crippen LogP contribution in [0.1, 0.15) is 57.1 Å². The molecule has 1 aliphatic rings. The smallest absolute Gasteiger partial charge is 0.293 e. The Hall–Kier alpha value is -2.37. The summed E-state index contributed by atoms with van der Waals surface area (Å²) in [5, 5.41) is 0. The third-order valence-electron chi connectivity index (χ3n) is 5.53. The van der Waals surface area contributed by atoms with Gasteiger partial charge in [-0.1, -0.05) is 19.3 Å². The van der Waals surface area contributed by atoms with Crippen molar-refractivity contribution in [2.24, 2.45) is 5.92 Å². The van der Waals surface area contributed by atoms with E-state index in [-0.39, 0.29) is 11.7 Å². The fourth-order valence-corrected chi connectivity index (χ4v) is 4.03. The largest absolute Gasteiger partial charge is 0.497 e. The maximum absolute atomic E-state index is 12.3. The Morgan fingerprint density at radius 3 is 2.89 bits per heavy atom. The van der Waals surface area contributed by atoms with Crippen LogP contribution in [0.3, 0.4) is 0 Å². The van der Waals surface area contributed by atoms with E-state index in [9.17, 15) is 9.59 Å². The van der Waals surface area contributed by atoms with Gasteiger partial charge in [-0.3, -0.25) is 9.59 Å². The number of rotatable bonds is 9. The number of unbranched alkanes of at least 4 members (excludes halogenated alkanes) is 2. The molecule has 6 nitrogen and oxygen atoms in total. The molecule has 2 aromatic rings. The number of fused-ring (bicyclic) bond motifs is 1. The van der Waals surface area contributed by atoms with Gasteiger partial charge in [0, 0.05) is 6.07 Å². The number of aryl methyl sites for hydroxylation is 1. The predicted octanol–water partition coefficient (Wildman–Crippen LogP) is 3.77. The number of ether oxygens (including phenoxy) is 2. The molecule has 1 saturated carbocycles. The molecule has 1 aliphatic carbocycles. The molecule has 0 amide bonds. The molecule has 27 heavy (non-hydrogen) atoms. The minimum absolute atomic E-state index is 0.0956. The maximum Gasteiger partial charge on any atom is 0.293 e. The van der Waals surface area contributed by atoms with Crippen molar-refractivity contribution in [3.8, 4) is 5.75 Å². The molecule has 6 heteroatoms. The Balaban J connectivity index is 1.49. The van der Waals surface area contributed by atoms with E-state index in [1.165, 1.54) is 6.42 Å². The van der Waals surface area contributed by atoms with Gasteiger partial charge in [-0.2, -0.15) is 0 Å². The summed E-state index contributed by atoms with van der Waals surface area (Å²) in [7, 11) is 1.60. The number of nitrogens with zero attached hydrogens (tertiary/aromatic N) is 1. The van der Waals surface area contributed by atoms with Crippen LogP contribution in [0.25, 0.3) is 11.0 Å². The average Bonchev–Trinajstić information content (AvgIpc) is 2.69. The second kappa shape index (κ2) is 9.53. The first-order valence-electron chi connectivity index (χ1n) is 9.87. The molecule has 0 bridgehead atoms. The van der Waals surface area contributed by atoms with Gasteiger partial charge in [0.2, 0.25) is 0 Å². The third kappa shape index (κ3) is 5.08. The van der Waals surface area contributed by atoms with Gasteiger partial charge < -0.3 is 14.5 Å². The van der Waals surface area contributed by atoms with E-state index in [1.54, 1.807) is 13.2 Å². The van der Waals surface area contributed by atoms with Crippen molar-refractivity contribution in [1.29, 1.82) is 0 Å². The fraction of sp³-hybridized carbons (Fsp3) is 0.571. The molecule has 1 fully saturated rings. The highest BCUT2D eigenvalue weighted by Crippen LogP contribution is 2.30. The molecule has 1 aromatic heterocycles. The second-order valence-corrected chi connectivity index (χ2v) is 7.31. The van der Waals surface area contributed by atoms with Crippen LogP contribution in [-0.2, 0) is 16.0 Å². The average molecular weight is 372 g/mol. The fourth-order valence-electron chi connectivity index (χ4n) is 4.03. The molecular formula is C21H28N2O4. The highest BCUT2D eigenvalue weighted by atomic mass is 16.5. The summed E-state index contributed by atoms with van der Waals surface area (Å²) in [4.78, 5) is 30.3. The molecule has 1 N–H and O–H groups in total. The van der Waals surface area contributed by atoms with E-state index in [4.69, 9.17) is 9.47 Å². The number of hydrogen-bond donors (Lipinski definition) is 1. The van der Waals surface area contributed by atoms with Crippen LogP contribution in [0.15, 0.2) is 23.0 Å². The van der Waals surface area contributed by atoms with Crippen molar-refractivity contribution < 1.29 is 14.3 Å². The molecular weight excluding hydrogens is 344 g/mol. The molecule has 1 aromatic carbocycles. The van der Waals surface area contributed by atoms with Crippen molar-refractivity contribution in [2.75, 3.05) is 7.11 Å². The highest BCUT2D eigenvalue weighted by Gasteiger charge is 2.25. The molecule has 2 atom stereocenters. The topological polar surface area (TPSA) is 81.3 Å². The molecule has 1 unspecified atom stereocenters. The van der Waals surface area contributed by atoms with Crippen LogP contribution >= 0.6 is 0 Å². The van der Waals surface area contributed by atoms with Gasteiger partial charge in [0.15, 0.2) is 0 Å². The Labute approximate surface area is 159 Å². The van der Waals surface area contributed by atoms with E-state index in [2.05, 4.69) is 9.97 Å². The zero-order chi connectivity index (χ0) is 19.1. The zero-order valence-corrected chi connectivity index (χ0v) is 15.9. The molecule has 0 saturated heterocycles. The third-order valence-corrected chi connectivity index (χ3v) is 5.53. The summed E-state index contributed by atoms with van der Waals surface area (Å²) >= 11 is 0. The quantitative estimate of drug-likeness (QED) is 0.535. The van der Waals surface area contributed by atoms with Gasteiger partial charge in [0.05, 0.1) is 18.1 Å². The van der Waals surface area contributed by atoms with E-state index in [1.807, 2.05) is 12.1 Å². The summed E-state index contributed by atoms with van der Waals surface area (Å²) in [5.41, 5.74) is 1.94. The van der Waals surface area contributed by atoms with Crippen molar-refractivity contribution in [3.63, 3.8) is 0 Å². The van der Waals surface area contributed by atoms with Crippen LogP contribution < -0.4 is 10.3 Å². The van der Waals surface area contributed by atoms with Gasteiger partial charge >= 0.3 is 0 Å². The van der Waals surface area contributed by atoms with Gasteiger partial charge in [0.25, 0.3) is 12.0 Å². The minimum atomic E-state index is -0.123. The summed E-state index contributed by atoms with van der Waals surface area (Å²) in [6.45, 7) is 0.593. The zero-order valence-electron chi connectivity index (χ0n) is 15.9. The molecule has 0 spiro atoms. The lowest BCUT2D eigenvalue weighted by molar-refractivity contribution is -0.138. The number of carbonyl (C=O) groups is 1. The van der Waals surface area contributed by atoms with Gasteiger partial charge in [-0.15, -0.1) is 0 Å². The Morgan fingerprint density at radius 2 is 2.07 bits per heavy atom. The lowest BCUT2D eigenvalue weighted by Gasteiger charge is -2.29. The number of nitrogens with one attached hydrogen (secondary N) is 1. The van der Waals surface area contributed by atoms with E-state index >= 15 is 0 Å². The van der Waals surface area contributed by atoms with Crippen LogP contribution in [0.2, 0.25) is 0 Å². The van der Waals surface area contributed by atoms with E-state index in [0.29, 0.717) is 35.8 Å². The number of hydrogen-bond acceptors (Lipinski definition) is 5. The lowest BCUT2D eigenvalue weighted by atomic mass is 9.83. The Morgan fingerprint density at radius 1 is 1.22 bits per heavy atom. The van der Waals surface area contributed by atoms with Gasteiger partial charge in [0.1, 0.15) is 17.5 Å². The summed E-state index contributed by atoms with van der Waals surface area (Å²) < 4.78 is 10.4. The standard InChI is InChI=1S/C21H28N2O4/c1-26-16-11-12-17-19(13-16)23-21(25)18(22-17)9-4-2-3-7-15-8-5-6-10-20(15)27-14-24/h11-15,20H,2-10H2,1H3,(H,23,25)/t15?,20-/m1/s1. The SMILES string of the molecule is COc1ccc2nc(CCCCCC3CCCC[C@H]3OC=O)c(=O)[nH]c2c1. The normalized spacial score (nSPS) is 19.7. The monoisotopic (exact) mass is 372 g/mol. The van der Waals surface area contributed by atoms with Crippen LogP contribution in [0.5, 0.6) is 5.75 Å². The molecule has 0 radical (unpaired) electrons. The number of benzene rings is 1. The van der Waals surface area contributed by atoms with Crippen LogP contribution in [0, 0.1) is 5.92 Å². The lowest BCUT2D eigenvalue weighted by Crippen LogP contribution is -2.27. The molecule has 0 aliphatic heterocycles. The number of aromatic amines is 1. The van der Waals surface area contributed by atoms with Crippen molar-refractivity contribution in [1.82, 2.24) is 9.97 Å². The van der Waals surface area contributed by atoms with Gasteiger partial charge in [-0.25, -0.2) is 4.98 Å². The Kier molecular flexibility index (Phi) is 6.85. The number of aromatic nitrogens is 2. The first-order valence-corrected chi connectivity index (χ1v) is 9.87. The number of H-pyrrole nitrogens is 1. The van der Waals surface area contributed by atoms with E-state index < -0.39 is 0 Å². The van der Waals surface area contributed by atoms with Crippen LogP contribution in [0.4, 0.5) is 0 Å². The summed E-state index contributed by atoms with van der Waals surface area (Å²) in [6.07, 6.45) is 9.44. The highest BCUT2D eigenvalue weighted by molar-refractivity contribution is 5.75. The van der Waals surface area contributed by atoms with Gasteiger partial charge in [-0.05, 0) is 56.6 Å².